The molecule has 0 heterocycles. The Kier molecular flexibility index (Phi) is 10.5. The Morgan fingerprint density at radius 3 is 1.69 bits per heavy atom. The maximum Gasteiger partial charge on any atom is 0.333 e. The molecular weight excluding hydrogens is 208 g/mol. The second kappa shape index (κ2) is 9.96. The monoisotopic (exact) mass is 228 g/mol. The van der Waals surface area contributed by atoms with Gasteiger partial charge in [-0.3, -0.25) is 0 Å². The predicted molar refractivity (Wildman–Crippen MR) is 62.9 cm³/mol. The van der Waals surface area contributed by atoms with Crippen LogP contribution in [0.1, 0.15) is 27.2 Å². The molecule has 0 rings (SSSR count). The second-order valence-corrected chi connectivity index (χ2v) is 3.19. The van der Waals surface area contributed by atoms with Gasteiger partial charge in [-0.15, -0.1) is 0 Å². The number of methoxy groups -OCH3 is 1. The van der Waals surface area contributed by atoms with Gasteiger partial charge in [0.25, 0.3) is 0 Å². The van der Waals surface area contributed by atoms with E-state index in [2.05, 4.69) is 17.9 Å². The summed E-state index contributed by atoms with van der Waals surface area (Å²) in [6.07, 6.45) is 0.860. The normalized spacial score (nSPS) is 8.25. The summed E-state index contributed by atoms with van der Waals surface area (Å²) in [5.74, 6) is -0.642. The first kappa shape index (κ1) is 16.8. The fraction of sp³-hybridized carbons (Fsp3) is 0.500. The molecule has 4 heteroatoms. The van der Waals surface area contributed by atoms with Gasteiger partial charge in [-0.1, -0.05) is 20.1 Å². The lowest BCUT2D eigenvalue weighted by atomic mass is 10.4. The largest absolute Gasteiger partial charge is 0.466 e. The first-order chi connectivity index (χ1) is 7.36. The summed E-state index contributed by atoms with van der Waals surface area (Å²) in [7, 11) is 1.33. The molecule has 0 saturated carbocycles. The van der Waals surface area contributed by atoms with E-state index in [9.17, 15) is 9.59 Å². The van der Waals surface area contributed by atoms with Crippen LogP contribution in [0.5, 0.6) is 0 Å². The van der Waals surface area contributed by atoms with Crippen molar-refractivity contribution in [3.63, 3.8) is 0 Å². The summed E-state index contributed by atoms with van der Waals surface area (Å²) in [6.45, 7) is 12.5. The summed E-state index contributed by atoms with van der Waals surface area (Å²) < 4.78 is 8.99. The highest BCUT2D eigenvalue weighted by Crippen LogP contribution is 1.91. The van der Waals surface area contributed by atoms with Gasteiger partial charge >= 0.3 is 11.9 Å². The fourth-order valence-electron chi connectivity index (χ4n) is 0.492. The first-order valence-electron chi connectivity index (χ1n) is 4.93. The van der Waals surface area contributed by atoms with E-state index in [1.165, 1.54) is 7.11 Å². The SMILES string of the molecule is C=C(C)C(=O)OC.C=C(C)C(=O)OCCC. The van der Waals surface area contributed by atoms with E-state index in [1.54, 1.807) is 13.8 Å². The maximum atomic E-state index is 10.6. The van der Waals surface area contributed by atoms with Crippen LogP contribution in [-0.2, 0) is 19.1 Å². The van der Waals surface area contributed by atoms with Crippen molar-refractivity contribution in [1.29, 1.82) is 0 Å². The molecule has 0 spiro atoms. The molecule has 92 valence electrons. The summed E-state index contributed by atoms with van der Waals surface area (Å²) in [5, 5.41) is 0. The summed E-state index contributed by atoms with van der Waals surface area (Å²) >= 11 is 0. The van der Waals surface area contributed by atoms with Gasteiger partial charge in [0.05, 0.1) is 13.7 Å². The van der Waals surface area contributed by atoms with Crippen LogP contribution in [0, 0.1) is 0 Å². The van der Waals surface area contributed by atoms with Gasteiger partial charge in [-0.25, -0.2) is 9.59 Å². The Morgan fingerprint density at radius 2 is 1.50 bits per heavy atom. The van der Waals surface area contributed by atoms with Crippen LogP contribution in [0.25, 0.3) is 0 Å². The van der Waals surface area contributed by atoms with Gasteiger partial charge in [0, 0.05) is 11.1 Å². The van der Waals surface area contributed by atoms with Crippen molar-refractivity contribution in [2.45, 2.75) is 27.2 Å². The number of esters is 2. The van der Waals surface area contributed by atoms with Crippen LogP contribution in [-0.4, -0.2) is 25.7 Å². The van der Waals surface area contributed by atoms with E-state index in [1.807, 2.05) is 6.92 Å². The van der Waals surface area contributed by atoms with Crippen LogP contribution in [0.4, 0.5) is 0 Å². The molecule has 0 aromatic heterocycles. The van der Waals surface area contributed by atoms with Crippen molar-refractivity contribution in [2.75, 3.05) is 13.7 Å². The van der Waals surface area contributed by atoms with E-state index >= 15 is 0 Å². The zero-order valence-corrected chi connectivity index (χ0v) is 10.5. The molecule has 16 heavy (non-hydrogen) atoms. The highest BCUT2D eigenvalue weighted by atomic mass is 16.5. The maximum absolute atomic E-state index is 10.6. The smallest absolute Gasteiger partial charge is 0.333 e. The number of hydrogen-bond donors (Lipinski definition) is 0. The third-order valence-electron chi connectivity index (χ3n) is 1.32. The summed E-state index contributed by atoms with van der Waals surface area (Å²) in [4.78, 5) is 20.8. The van der Waals surface area contributed by atoms with Crippen molar-refractivity contribution < 1.29 is 19.1 Å². The lowest BCUT2D eigenvalue weighted by Crippen LogP contribution is -2.04. The van der Waals surface area contributed by atoms with Gasteiger partial charge in [0.15, 0.2) is 0 Å². The molecule has 0 unspecified atom stereocenters. The molecule has 4 nitrogen and oxygen atoms in total. The van der Waals surface area contributed by atoms with Crippen LogP contribution < -0.4 is 0 Å². The Labute approximate surface area is 96.9 Å². The van der Waals surface area contributed by atoms with Crippen molar-refractivity contribution in [2.24, 2.45) is 0 Å². The van der Waals surface area contributed by atoms with Gasteiger partial charge in [0.2, 0.25) is 0 Å². The number of ether oxygens (including phenoxy) is 2. The molecule has 0 radical (unpaired) electrons. The zero-order valence-electron chi connectivity index (χ0n) is 10.5. The number of carbonyl (C=O) groups excluding carboxylic acids is 2. The molecule has 0 aliphatic rings. The molecule has 0 atom stereocenters. The lowest BCUT2D eigenvalue weighted by Gasteiger charge is -1.99. The van der Waals surface area contributed by atoms with Crippen LogP contribution in [0.15, 0.2) is 24.3 Å². The summed E-state index contributed by atoms with van der Waals surface area (Å²) in [6, 6.07) is 0. The van der Waals surface area contributed by atoms with E-state index in [4.69, 9.17) is 4.74 Å². The third-order valence-corrected chi connectivity index (χ3v) is 1.32. The van der Waals surface area contributed by atoms with Crippen molar-refractivity contribution in [3.8, 4) is 0 Å². The van der Waals surface area contributed by atoms with Crippen LogP contribution >= 0.6 is 0 Å². The van der Waals surface area contributed by atoms with Gasteiger partial charge in [0.1, 0.15) is 0 Å². The minimum atomic E-state index is -0.347. The van der Waals surface area contributed by atoms with Crippen molar-refractivity contribution >= 4 is 11.9 Å². The molecule has 0 aromatic rings. The van der Waals surface area contributed by atoms with E-state index in [0.29, 0.717) is 17.8 Å². The van der Waals surface area contributed by atoms with E-state index in [0.717, 1.165) is 6.42 Å². The van der Waals surface area contributed by atoms with Crippen molar-refractivity contribution in [1.82, 2.24) is 0 Å². The minimum Gasteiger partial charge on any atom is -0.466 e. The average Bonchev–Trinajstić information content (AvgIpc) is 2.25. The molecule has 0 aliphatic carbocycles. The quantitative estimate of drug-likeness (QED) is 0.547. The highest BCUT2D eigenvalue weighted by Gasteiger charge is 1.99. The number of rotatable bonds is 4. The first-order valence-corrected chi connectivity index (χ1v) is 4.93. The third kappa shape index (κ3) is 10.5. The van der Waals surface area contributed by atoms with Crippen LogP contribution in [0.2, 0.25) is 0 Å². The Balaban J connectivity index is 0. The predicted octanol–water partition coefficient (Wildman–Crippen LogP) is 2.25. The molecule has 0 aromatic carbocycles. The molecule has 0 saturated heterocycles. The Morgan fingerprint density at radius 1 is 1.06 bits per heavy atom. The number of hydrogen-bond acceptors (Lipinski definition) is 4. The molecule has 0 bridgehead atoms. The second-order valence-electron chi connectivity index (χ2n) is 3.19. The topological polar surface area (TPSA) is 52.6 Å². The highest BCUT2D eigenvalue weighted by molar-refractivity contribution is 5.87. The Hall–Kier alpha value is -1.58. The van der Waals surface area contributed by atoms with Gasteiger partial charge in [-0.05, 0) is 20.3 Å². The van der Waals surface area contributed by atoms with Gasteiger partial charge in [-0.2, -0.15) is 0 Å². The zero-order chi connectivity index (χ0) is 13.1. The standard InChI is InChI=1S/C7H12O2.C5H8O2/c1-4-5-9-7(8)6(2)3;1-4(2)5(6)7-3/h2,4-5H2,1,3H3;1H2,2-3H3. The minimum absolute atomic E-state index is 0.295. The van der Waals surface area contributed by atoms with Gasteiger partial charge < -0.3 is 9.47 Å². The molecule has 0 aliphatic heterocycles. The van der Waals surface area contributed by atoms with Crippen LogP contribution in [0.3, 0.4) is 0 Å². The molecule has 0 N–H and O–H groups in total. The fourth-order valence-corrected chi connectivity index (χ4v) is 0.492. The van der Waals surface area contributed by atoms with E-state index < -0.39 is 0 Å². The molecular formula is C12H20O4. The Bertz CT molecular complexity index is 266. The van der Waals surface area contributed by atoms with Crippen molar-refractivity contribution in [3.05, 3.63) is 24.3 Å². The average molecular weight is 228 g/mol. The summed E-state index contributed by atoms with van der Waals surface area (Å²) in [5.41, 5.74) is 0.894. The number of carbonyl (C=O) groups is 2. The van der Waals surface area contributed by atoms with E-state index in [-0.39, 0.29) is 11.9 Å². The lowest BCUT2D eigenvalue weighted by molar-refractivity contribution is -0.139. The molecule has 0 fully saturated rings. The molecule has 0 amide bonds.